The minimum atomic E-state index is -0.361. The summed E-state index contributed by atoms with van der Waals surface area (Å²) < 4.78 is 5.60. The van der Waals surface area contributed by atoms with Crippen LogP contribution in [0.1, 0.15) is 112 Å². The van der Waals surface area contributed by atoms with Crippen LogP contribution in [0.2, 0.25) is 0 Å². The SMILES string of the molecule is CCCCCCCCCC(CCCCC)C(=O)OC(C)(C)C. The van der Waals surface area contributed by atoms with E-state index in [1.54, 1.807) is 0 Å². The Kier molecular flexibility index (Phi) is 12.6. The van der Waals surface area contributed by atoms with Crippen LogP contribution in [0, 0.1) is 5.92 Å². The molecular weight excluding hydrogens is 272 g/mol. The second-order valence-corrected chi connectivity index (χ2v) is 7.64. The van der Waals surface area contributed by atoms with Crippen molar-refractivity contribution in [3.8, 4) is 0 Å². The van der Waals surface area contributed by atoms with E-state index in [1.807, 2.05) is 20.8 Å². The summed E-state index contributed by atoms with van der Waals surface area (Å²) in [4.78, 5) is 12.3. The molecule has 0 rings (SSSR count). The predicted octanol–water partition coefficient (Wildman–Crippen LogP) is 6.67. The van der Waals surface area contributed by atoms with Crippen LogP contribution in [0.25, 0.3) is 0 Å². The van der Waals surface area contributed by atoms with Gasteiger partial charge in [0.25, 0.3) is 0 Å². The Bertz CT molecular complexity index is 265. The second kappa shape index (κ2) is 13.0. The molecule has 22 heavy (non-hydrogen) atoms. The minimum absolute atomic E-state index is 0.0228. The molecule has 0 aliphatic carbocycles. The lowest BCUT2D eigenvalue weighted by Gasteiger charge is -2.24. The van der Waals surface area contributed by atoms with E-state index in [9.17, 15) is 4.79 Å². The minimum Gasteiger partial charge on any atom is -0.460 e. The van der Waals surface area contributed by atoms with Gasteiger partial charge in [-0.2, -0.15) is 0 Å². The van der Waals surface area contributed by atoms with Gasteiger partial charge in [-0.15, -0.1) is 0 Å². The fourth-order valence-electron chi connectivity index (χ4n) is 2.75. The fourth-order valence-corrected chi connectivity index (χ4v) is 2.75. The Morgan fingerprint density at radius 1 is 0.773 bits per heavy atom. The fraction of sp³-hybridized carbons (Fsp3) is 0.950. The molecule has 0 fully saturated rings. The van der Waals surface area contributed by atoms with Crippen molar-refractivity contribution in [2.45, 2.75) is 117 Å². The van der Waals surface area contributed by atoms with Crippen molar-refractivity contribution in [3.63, 3.8) is 0 Å². The highest BCUT2D eigenvalue weighted by atomic mass is 16.6. The van der Waals surface area contributed by atoms with Crippen molar-refractivity contribution in [2.75, 3.05) is 0 Å². The van der Waals surface area contributed by atoms with E-state index in [0.717, 1.165) is 19.3 Å². The van der Waals surface area contributed by atoms with Gasteiger partial charge in [-0.25, -0.2) is 0 Å². The number of hydrogen-bond acceptors (Lipinski definition) is 2. The molecule has 0 amide bonds. The molecule has 1 atom stereocenters. The molecule has 0 aliphatic rings. The molecule has 0 spiro atoms. The maximum absolute atomic E-state index is 12.3. The first kappa shape index (κ1) is 21.5. The van der Waals surface area contributed by atoms with Gasteiger partial charge < -0.3 is 4.74 Å². The molecule has 2 nitrogen and oxygen atoms in total. The Hall–Kier alpha value is -0.530. The van der Waals surface area contributed by atoms with E-state index in [-0.39, 0.29) is 17.5 Å². The summed E-state index contributed by atoms with van der Waals surface area (Å²) >= 11 is 0. The molecule has 0 aromatic carbocycles. The molecule has 132 valence electrons. The van der Waals surface area contributed by atoms with E-state index in [4.69, 9.17) is 4.74 Å². The number of hydrogen-bond donors (Lipinski definition) is 0. The van der Waals surface area contributed by atoms with Gasteiger partial charge in [0.15, 0.2) is 0 Å². The van der Waals surface area contributed by atoms with Crippen LogP contribution >= 0.6 is 0 Å². The lowest BCUT2D eigenvalue weighted by Crippen LogP contribution is -2.28. The van der Waals surface area contributed by atoms with Gasteiger partial charge in [0.05, 0.1) is 5.92 Å². The summed E-state index contributed by atoms with van der Waals surface area (Å²) in [5.41, 5.74) is -0.361. The van der Waals surface area contributed by atoms with E-state index in [2.05, 4.69) is 13.8 Å². The summed E-state index contributed by atoms with van der Waals surface area (Å²) in [6.07, 6.45) is 14.7. The van der Waals surface area contributed by atoms with Gasteiger partial charge in [0.2, 0.25) is 0 Å². The molecule has 0 aliphatic heterocycles. The van der Waals surface area contributed by atoms with Crippen molar-refractivity contribution in [2.24, 2.45) is 5.92 Å². The van der Waals surface area contributed by atoms with Crippen LogP contribution in [-0.4, -0.2) is 11.6 Å². The van der Waals surface area contributed by atoms with Crippen LogP contribution in [-0.2, 0) is 9.53 Å². The van der Waals surface area contributed by atoms with Crippen LogP contribution < -0.4 is 0 Å². The molecule has 0 N–H and O–H groups in total. The smallest absolute Gasteiger partial charge is 0.309 e. The monoisotopic (exact) mass is 312 g/mol. The maximum Gasteiger partial charge on any atom is 0.309 e. The van der Waals surface area contributed by atoms with Gasteiger partial charge >= 0.3 is 5.97 Å². The summed E-state index contributed by atoms with van der Waals surface area (Å²) in [6.45, 7) is 10.3. The van der Waals surface area contributed by atoms with E-state index >= 15 is 0 Å². The summed E-state index contributed by atoms with van der Waals surface area (Å²) in [7, 11) is 0. The first-order chi connectivity index (χ1) is 10.4. The highest BCUT2D eigenvalue weighted by molar-refractivity contribution is 5.72. The van der Waals surface area contributed by atoms with Crippen LogP contribution in [0.5, 0.6) is 0 Å². The van der Waals surface area contributed by atoms with Gasteiger partial charge in [0, 0.05) is 0 Å². The van der Waals surface area contributed by atoms with E-state index in [0.29, 0.717) is 0 Å². The van der Waals surface area contributed by atoms with Gasteiger partial charge in [-0.3, -0.25) is 4.79 Å². The molecule has 1 unspecified atom stereocenters. The molecule has 0 bridgehead atoms. The van der Waals surface area contributed by atoms with Crippen LogP contribution in [0.3, 0.4) is 0 Å². The Morgan fingerprint density at radius 2 is 1.18 bits per heavy atom. The van der Waals surface area contributed by atoms with Crippen molar-refractivity contribution >= 4 is 5.97 Å². The Labute approximate surface area is 139 Å². The highest BCUT2D eigenvalue weighted by Crippen LogP contribution is 2.22. The Morgan fingerprint density at radius 3 is 1.68 bits per heavy atom. The third kappa shape index (κ3) is 13.2. The topological polar surface area (TPSA) is 26.3 Å². The summed E-state index contributed by atoms with van der Waals surface area (Å²) in [5, 5.41) is 0. The van der Waals surface area contributed by atoms with Crippen molar-refractivity contribution in [3.05, 3.63) is 0 Å². The third-order valence-corrected chi connectivity index (χ3v) is 4.05. The van der Waals surface area contributed by atoms with Crippen LogP contribution in [0.15, 0.2) is 0 Å². The zero-order valence-corrected chi connectivity index (χ0v) is 15.9. The maximum atomic E-state index is 12.3. The predicted molar refractivity (Wildman–Crippen MR) is 96.1 cm³/mol. The standard InChI is InChI=1S/C20H40O2/c1-6-8-10-11-12-13-15-17-18(16-14-9-7-2)19(21)22-20(3,4)5/h18H,6-17H2,1-5H3. The zero-order chi connectivity index (χ0) is 16.8. The normalized spacial score (nSPS) is 13.1. The molecule has 0 radical (unpaired) electrons. The molecule has 0 saturated heterocycles. The second-order valence-electron chi connectivity index (χ2n) is 7.64. The first-order valence-corrected chi connectivity index (χ1v) is 9.63. The van der Waals surface area contributed by atoms with E-state index in [1.165, 1.54) is 57.8 Å². The zero-order valence-electron chi connectivity index (χ0n) is 15.9. The average Bonchev–Trinajstić information content (AvgIpc) is 2.42. The largest absolute Gasteiger partial charge is 0.460 e. The average molecular weight is 313 g/mol. The molecule has 0 aromatic rings. The summed E-state index contributed by atoms with van der Waals surface area (Å²) in [6, 6.07) is 0. The molecule has 2 heteroatoms. The van der Waals surface area contributed by atoms with Gasteiger partial charge in [-0.1, -0.05) is 78.1 Å². The van der Waals surface area contributed by atoms with Crippen molar-refractivity contribution in [1.82, 2.24) is 0 Å². The number of unbranched alkanes of at least 4 members (excludes halogenated alkanes) is 8. The molecule has 0 aromatic heterocycles. The van der Waals surface area contributed by atoms with Crippen molar-refractivity contribution < 1.29 is 9.53 Å². The number of rotatable bonds is 13. The van der Waals surface area contributed by atoms with Crippen LogP contribution in [0.4, 0.5) is 0 Å². The van der Waals surface area contributed by atoms with Gasteiger partial charge in [0.1, 0.15) is 5.60 Å². The summed E-state index contributed by atoms with van der Waals surface area (Å²) in [5.74, 6) is 0.135. The lowest BCUT2D eigenvalue weighted by atomic mass is 9.94. The molecule has 0 saturated carbocycles. The van der Waals surface area contributed by atoms with Crippen molar-refractivity contribution in [1.29, 1.82) is 0 Å². The lowest BCUT2D eigenvalue weighted by molar-refractivity contribution is -0.160. The third-order valence-electron chi connectivity index (χ3n) is 4.05. The first-order valence-electron chi connectivity index (χ1n) is 9.63. The Balaban J connectivity index is 4.04. The number of carbonyl (C=O) groups excluding carboxylic acids is 1. The quantitative estimate of drug-likeness (QED) is 0.280. The van der Waals surface area contributed by atoms with E-state index < -0.39 is 0 Å². The van der Waals surface area contributed by atoms with Gasteiger partial charge in [-0.05, 0) is 33.6 Å². The number of esters is 1. The molecular formula is C20H40O2. The number of carbonyl (C=O) groups is 1. The number of ether oxygens (including phenoxy) is 1. The molecule has 0 heterocycles. The highest BCUT2D eigenvalue weighted by Gasteiger charge is 2.24.